The maximum Gasteiger partial charge on any atom is 0.315 e. The predicted octanol–water partition coefficient (Wildman–Crippen LogP) is 2.50. The largest absolute Gasteiger partial charge is 0.390 e. The second-order valence-corrected chi connectivity index (χ2v) is 6.09. The maximum absolute atomic E-state index is 12.1. The lowest BCUT2D eigenvalue weighted by Gasteiger charge is -2.18. The number of aliphatic hydroxyl groups excluding tert-OH is 1. The van der Waals surface area contributed by atoms with Crippen molar-refractivity contribution in [3.05, 3.63) is 70.8 Å². The molecule has 0 radical (unpaired) electrons. The fourth-order valence-corrected chi connectivity index (χ4v) is 3.13. The van der Waals surface area contributed by atoms with Crippen molar-refractivity contribution in [1.29, 1.82) is 0 Å². The molecule has 0 spiro atoms. The van der Waals surface area contributed by atoms with Gasteiger partial charge in [-0.2, -0.15) is 0 Å². The van der Waals surface area contributed by atoms with Gasteiger partial charge in [0.2, 0.25) is 0 Å². The molecule has 1 aliphatic rings. The van der Waals surface area contributed by atoms with E-state index in [1.54, 1.807) is 0 Å². The average Bonchev–Trinajstić information content (AvgIpc) is 2.83. The molecule has 2 aromatic carbocycles. The smallest absolute Gasteiger partial charge is 0.315 e. The Bertz CT molecular complexity index is 699. The molecule has 0 fully saturated rings. The first-order valence-electron chi connectivity index (χ1n) is 7.99. The van der Waals surface area contributed by atoms with Gasteiger partial charge >= 0.3 is 6.03 Å². The molecule has 4 nitrogen and oxygen atoms in total. The van der Waals surface area contributed by atoms with E-state index in [1.165, 1.54) is 11.1 Å². The van der Waals surface area contributed by atoms with E-state index in [0.717, 1.165) is 17.5 Å². The minimum Gasteiger partial charge on any atom is -0.390 e. The van der Waals surface area contributed by atoms with Crippen LogP contribution in [0.15, 0.2) is 48.5 Å². The van der Waals surface area contributed by atoms with E-state index in [0.29, 0.717) is 13.0 Å². The van der Waals surface area contributed by atoms with Crippen LogP contribution in [0.25, 0.3) is 0 Å². The number of aliphatic hydroxyl groups is 1. The van der Waals surface area contributed by atoms with Crippen LogP contribution in [0.2, 0.25) is 0 Å². The lowest BCUT2D eigenvalue weighted by molar-refractivity contribution is 0.142. The zero-order valence-electron chi connectivity index (χ0n) is 13.3. The van der Waals surface area contributed by atoms with Crippen LogP contribution in [-0.2, 0) is 12.8 Å². The molecule has 0 aliphatic heterocycles. The number of amides is 2. The van der Waals surface area contributed by atoms with E-state index in [2.05, 4.69) is 35.8 Å². The molecule has 0 bridgehead atoms. The maximum atomic E-state index is 12.1. The number of aryl methyl sites for hydroxylation is 1. The molecule has 0 saturated heterocycles. The van der Waals surface area contributed by atoms with Crippen molar-refractivity contribution in [3.8, 4) is 0 Å². The number of carbonyl (C=O) groups is 1. The molecule has 120 valence electrons. The molecule has 0 unspecified atom stereocenters. The zero-order chi connectivity index (χ0) is 16.2. The summed E-state index contributed by atoms with van der Waals surface area (Å²) in [5, 5.41) is 15.9. The van der Waals surface area contributed by atoms with Crippen LogP contribution in [0.3, 0.4) is 0 Å². The van der Waals surface area contributed by atoms with Crippen molar-refractivity contribution >= 4 is 6.03 Å². The molecule has 23 heavy (non-hydrogen) atoms. The standard InChI is InChI=1S/C19H22N2O2/c1-13-5-4-6-14(11-13)9-10-20-19(23)21-18-16-8-3-2-7-15(16)12-17(18)22/h2-8,11,17-18,22H,9-10,12H2,1H3,(H2,20,21,23)/t17-,18+/m0/s1. The van der Waals surface area contributed by atoms with Gasteiger partial charge in [0.05, 0.1) is 12.1 Å². The number of hydrogen-bond donors (Lipinski definition) is 3. The van der Waals surface area contributed by atoms with E-state index >= 15 is 0 Å². The Balaban J connectivity index is 1.52. The second kappa shape index (κ2) is 6.84. The quantitative estimate of drug-likeness (QED) is 0.812. The fourth-order valence-electron chi connectivity index (χ4n) is 3.13. The summed E-state index contributed by atoms with van der Waals surface area (Å²) in [5.74, 6) is 0. The third-order valence-electron chi connectivity index (χ3n) is 4.27. The van der Waals surface area contributed by atoms with Gasteiger partial charge in [-0.1, -0.05) is 54.1 Å². The molecule has 1 aliphatic carbocycles. The van der Waals surface area contributed by atoms with Crippen molar-refractivity contribution < 1.29 is 9.90 Å². The van der Waals surface area contributed by atoms with E-state index in [1.807, 2.05) is 30.3 Å². The van der Waals surface area contributed by atoms with Crippen LogP contribution < -0.4 is 10.6 Å². The molecule has 0 saturated carbocycles. The van der Waals surface area contributed by atoms with Crippen LogP contribution >= 0.6 is 0 Å². The number of urea groups is 1. The van der Waals surface area contributed by atoms with Gasteiger partial charge in [0.1, 0.15) is 0 Å². The number of rotatable bonds is 4. The number of carbonyl (C=O) groups excluding carboxylic acids is 1. The Kier molecular flexibility index (Phi) is 4.63. The first kappa shape index (κ1) is 15.6. The fraction of sp³-hybridized carbons (Fsp3) is 0.316. The Morgan fingerprint density at radius 1 is 1.22 bits per heavy atom. The van der Waals surface area contributed by atoms with Crippen LogP contribution in [0.5, 0.6) is 0 Å². The van der Waals surface area contributed by atoms with E-state index < -0.39 is 6.10 Å². The summed E-state index contributed by atoms with van der Waals surface area (Å²) >= 11 is 0. The van der Waals surface area contributed by atoms with E-state index in [4.69, 9.17) is 0 Å². The SMILES string of the molecule is Cc1cccc(CCNC(=O)N[C@@H]2c3ccccc3C[C@@H]2O)c1. The normalized spacial score (nSPS) is 19.2. The highest BCUT2D eigenvalue weighted by Gasteiger charge is 2.31. The molecule has 3 N–H and O–H groups in total. The molecule has 2 aromatic rings. The molecule has 0 heterocycles. The van der Waals surface area contributed by atoms with Crippen LogP contribution in [-0.4, -0.2) is 23.8 Å². The lowest BCUT2D eigenvalue weighted by Crippen LogP contribution is -2.41. The molecule has 2 amide bonds. The third-order valence-corrected chi connectivity index (χ3v) is 4.27. The van der Waals surface area contributed by atoms with Gasteiger partial charge in [-0.15, -0.1) is 0 Å². The Morgan fingerprint density at radius 2 is 2.04 bits per heavy atom. The minimum absolute atomic E-state index is 0.238. The highest BCUT2D eigenvalue weighted by molar-refractivity contribution is 5.74. The minimum atomic E-state index is -0.560. The second-order valence-electron chi connectivity index (χ2n) is 6.09. The summed E-state index contributed by atoms with van der Waals surface area (Å²) in [6.45, 7) is 2.63. The molecular weight excluding hydrogens is 288 g/mol. The van der Waals surface area contributed by atoms with Gasteiger partial charge in [-0.05, 0) is 30.0 Å². The third kappa shape index (κ3) is 3.71. The first-order chi connectivity index (χ1) is 11.1. The zero-order valence-corrected chi connectivity index (χ0v) is 13.3. The van der Waals surface area contributed by atoms with Crippen molar-refractivity contribution in [2.45, 2.75) is 31.9 Å². The predicted molar refractivity (Wildman–Crippen MR) is 90.3 cm³/mol. The topological polar surface area (TPSA) is 61.4 Å². The van der Waals surface area contributed by atoms with Gasteiger partial charge < -0.3 is 15.7 Å². The number of fused-ring (bicyclic) bond motifs is 1. The van der Waals surface area contributed by atoms with Crippen LogP contribution in [0.1, 0.15) is 28.3 Å². The first-order valence-corrected chi connectivity index (χ1v) is 7.99. The molecule has 0 aromatic heterocycles. The summed E-state index contributed by atoms with van der Waals surface area (Å²) in [6, 6.07) is 15.5. The van der Waals surface area contributed by atoms with Crippen LogP contribution in [0, 0.1) is 6.92 Å². The Morgan fingerprint density at radius 3 is 2.87 bits per heavy atom. The summed E-state index contributed by atoms with van der Waals surface area (Å²) in [5.41, 5.74) is 4.54. The van der Waals surface area contributed by atoms with Crippen molar-refractivity contribution in [1.82, 2.24) is 10.6 Å². The van der Waals surface area contributed by atoms with Crippen LogP contribution in [0.4, 0.5) is 4.79 Å². The average molecular weight is 310 g/mol. The summed E-state index contributed by atoms with van der Waals surface area (Å²) in [7, 11) is 0. The van der Waals surface area contributed by atoms with Gasteiger partial charge in [-0.3, -0.25) is 0 Å². The monoisotopic (exact) mass is 310 g/mol. The van der Waals surface area contributed by atoms with Gasteiger partial charge in [0, 0.05) is 13.0 Å². The summed E-state index contributed by atoms with van der Waals surface area (Å²) in [4.78, 5) is 12.1. The van der Waals surface area contributed by atoms with Crippen molar-refractivity contribution in [2.75, 3.05) is 6.54 Å². The van der Waals surface area contributed by atoms with Crippen molar-refractivity contribution in [3.63, 3.8) is 0 Å². The highest BCUT2D eigenvalue weighted by atomic mass is 16.3. The van der Waals surface area contributed by atoms with Crippen molar-refractivity contribution in [2.24, 2.45) is 0 Å². The molecule has 3 rings (SSSR count). The summed E-state index contributed by atoms with van der Waals surface area (Å²) in [6.07, 6.45) is 0.818. The van der Waals surface area contributed by atoms with E-state index in [-0.39, 0.29) is 12.1 Å². The number of benzene rings is 2. The van der Waals surface area contributed by atoms with Gasteiger partial charge in [0.15, 0.2) is 0 Å². The Labute approximate surface area is 136 Å². The van der Waals surface area contributed by atoms with E-state index in [9.17, 15) is 9.90 Å². The number of hydrogen-bond acceptors (Lipinski definition) is 2. The highest BCUT2D eigenvalue weighted by Crippen LogP contribution is 2.30. The molecule has 2 atom stereocenters. The summed E-state index contributed by atoms with van der Waals surface area (Å²) < 4.78 is 0. The van der Waals surface area contributed by atoms with Gasteiger partial charge in [-0.25, -0.2) is 4.79 Å². The molecular formula is C19H22N2O2. The number of nitrogens with one attached hydrogen (secondary N) is 2. The lowest BCUT2D eigenvalue weighted by atomic mass is 10.1. The molecule has 4 heteroatoms. The Hall–Kier alpha value is -2.33. The van der Waals surface area contributed by atoms with Gasteiger partial charge in [0.25, 0.3) is 0 Å².